The average Bonchev–Trinajstić information content (AvgIpc) is 3.02. The van der Waals surface area contributed by atoms with Crippen molar-refractivity contribution in [3.05, 3.63) is 69.4 Å². The van der Waals surface area contributed by atoms with Crippen LogP contribution in [0.4, 0.5) is 5.69 Å². The van der Waals surface area contributed by atoms with E-state index in [9.17, 15) is 4.79 Å². The predicted octanol–water partition coefficient (Wildman–Crippen LogP) is 4.08. The van der Waals surface area contributed by atoms with E-state index < -0.39 is 0 Å². The summed E-state index contributed by atoms with van der Waals surface area (Å²) in [4.78, 5) is 12.6. The van der Waals surface area contributed by atoms with Gasteiger partial charge in [0.05, 0.1) is 12.3 Å². The Labute approximate surface area is 157 Å². The van der Waals surface area contributed by atoms with Crippen molar-refractivity contribution in [1.29, 1.82) is 0 Å². The first-order chi connectivity index (χ1) is 12.1. The van der Waals surface area contributed by atoms with E-state index in [0.717, 1.165) is 10.2 Å². The van der Waals surface area contributed by atoms with Crippen LogP contribution < -0.4 is 5.32 Å². The Hall–Kier alpha value is -2.22. The van der Waals surface area contributed by atoms with E-state index in [1.54, 1.807) is 48.2 Å². The van der Waals surface area contributed by atoms with Crippen molar-refractivity contribution < 1.29 is 9.53 Å². The van der Waals surface area contributed by atoms with Gasteiger partial charge in [0.2, 0.25) is 0 Å². The first-order valence-corrected chi connectivity index (χ1v) is 8.52. The third-order valence-corrected chi connectivity index (χ3v) is 4.21. The molecule has 2 aromatic carbocycles. The van der Waals surface area contributed by atoms with Crippen LogP contribution in [0.1, 0.15) is 16.2 Å². The lowest BCUT2D eigenvalue weighted by Crippen LogP contribution is -2.16. The van der Waals surface area contributed by atoms with E-state index in [1.165, 1.54) is 0 Å². The van der Waals surface area contributed by atoms with Gasteiger partial charge >= 0.3 is 0 Å². The Morgan fingerprint density at radius 3 is 2.52 bits per heavy atom. The second-order valence-electron chi connectivity index (χ2n) is 5.17. The molecule has 3 rings (SSSR count). The summed E-state index contributed by atoms with van der Waals surface area (Å²) >= 11 is 9.28. The van der Waals surface area contributed by atoms with Crippen LogP contribution in [-0.4, -0.2) is 28.0 Å². The highest BCUT2D eigenvalue weighted by Gasteiger charge is 2.20. The summed E-state index contributed by atoms with van der Waals surface area (Å²) in [6.07, 6.45) is 0. The van der Waals surface area contributed by atoms with Crippen LogP contribution in [0.15, 0.2) is 53.0 Å². The summed E-state index contributed by atoms with van der Waals surface area (Å²) in [5, 5.41) is 11.5. The third-order valence-electron chi connectivity index (χ3n) is 3.43. The number of nitrogens with zero attached hydrogens (tertiary/aromatic N) is 3. The topological polar surface area (TPSA) is 69.0 Å². The van der Waals surface area contributed by atoms with Gasteiger partial charge in [-0.2, -0.15) is 0 Å². The second kappa shape index (κ2) is 7.77. The van der Waals surface area contributed by atoms with Crippen molar-refractivity contribution in [2.75, 3.05) is 12.4 Å². The highest BCUT2D eigenvalue weighted by molar-refractivity contribution is 9.10. The van der Waals surface area contributed by atoms with Crippen LogP contribution in [0.25, 0.3) is 5.69 Å². The minimum absolute atomic E-state index is 0.193. The molecule has 0 radical (unpaired) electrons. The van der Waals surface area contributed by atoms with Crippen molar-refractivity contribution in [2.45, 2.75) is 6.61 Å². The predicted molar refractivity (Wildman–Crippen MR) is 99.2 cm³/mol. The van der Waals surface area contributed by atoms with Gasteiger partial charge in [0.1, 0.15) is 5.69 Å². The molecule has 0 atom stereocenters. The van der Waals surface area contributed by atoms with Crippen LogP contribution in [-0.2, 0) is 11.3 Å². The molecular weight excluding hydrogens is 408 g/mol. The van der Waals surface area contributed by atoms with E-state index in [-0.39, 0.29) is 18.2 Å². The number of ether oxygens (including phenoxy) is 1. The standard InChI is InChI=1S/C17H14BrClN4O2/c1-25-10-15-16(17(24)20-13-6-2-11(18)3-7-13)21-22-23(15)14-8-4-12(19)5-9-14/h2-9H,10H2,1H3,(H,20,24). The molecule has 3 aromatic rings. The Morgan fingerprint density at radius 2 is 1.88 bits per heavy atom. The summed E-state index contributed by atoms with van der Waals surface area (Å²) < 4.78 is 7.71. The summed E-state index contributed by atoms with van der Waals surface area (Å²) in [6, 6.07) is 14.4. The molecule has 0 bridgehead atoms. The molecule has 1 amide bonds. The molecule has 1 heterocycles. The lowest BCUT2D eigenvalue weighted by atomic mass is 10.2. The lowest BCUT2D eigenvalue weighted by molar-refractivity contribution is 0.101. The molecule has 6 nitrogen and oxygen atoms in total. The molecule has 0 aliphatic carbocycles. The highest BCUT2D eigenvalue weighted by atomic mass is 79.9. The Balaban J connectivity index is 1.91. The SMILES string of the molecule is COCc1c(C(=O)Nc2ccc(Br)cc2)nnn1-c1ccc(Cl)cc1. The number of benzene rings is 2. The smallest absolute Gasteiger partial charge is 0.278 e. The fourth-order valence-electron chi connectivity index (χ4n) is 2.26. The molecule has 128 valence electrons. The normalized spacial score (nSPS) is 10.7. The number of methoxy groups -OCH3 is 1. The highest BCUT2D eigenvalue weighted by Crippen LogP contribution is 2.19. The molecule has 0 spiro atoms. The van der Waals surface area contributed by atoms with Gasteiger partial charge in [0.25, 0.3) is 5.91 Å². The Kier molecular flexibility index (Phi) is 5.47. The number of hydrogen-bond donors (Lipinski definition) is 1. The van der Waals surface area contributed by atoms with Crippen LogP contribution in [0, 0.1) is 0 Å². The molecule has 1 N–H and O–H groups in total. The number of anilines is 1. The first-order valence-electron chi connectivity index (χ1n) is 7.35. The van der Waals surface area contributed by atoms with E-state index >= 15 is 0 Å². The van der Waals surface area contributed by atoms with Crippen LogP contribution in [0.2, 0.25) is 5.02 Å². The Morgan fingerprint density at radius 1 is 1.20 bits per heavy atom. The van der Waals surface area contributed by atoms with Gasteiger partial charge in [0.15, 0.2) is 5.69 Å². The number of hydrogen-bond acceptors (Lipinski definition) is 4. The van der Waals surface area contributed by atoms with Crippen LogP contribution in [0.3, 0.4) is 0 Å². The van der Waals surface area contributed by atoms with Gasteiger partial charge in [-0.3, -0.25) is 4.79 Å². The molecule has 0 saturated heterocycles. The number of rotatable bonds is 5. The number of carbonyl (C=O) groups is 1. The first kappa shape index (κ1) is 17.6. The maximum absolute atomic E-state index is 12.6. The largest absolute Gasteiger partial charge is 0.378 e. The van der Waals surface area contributed by atoms with Crippen molar-refractivity contribution in [2.24, 2.45) is 0 Å². The van der Waals surface area contributed by atoms with E-state index in [4.69, 9.17) is 16.3 Å². The summed E-state index contributed by atoms with van der Waals surface area (Å²) in [5.41, 5.74) is 2.17. The maximum Gasteiger partial charge on any atom is 0.278 e. The average molecular weight is 422 g/mol. The van der Waals surface area contributed by atoms with Crippen LogP contribution >= 0.6 is 27.5 Å². The van der Waals surface area contributed by atoms with Gasteiger partial charge in [-0.1, -0.05) is 32.7 Å². The van der Waals surface area contributed by atoms with Gasteiger partial charge in [-0.05, 0) is 48.5 Å². The number of carbonyl (C=O) groups excluding carboxylic acids is 1. The molecule has 0 aliphatic rings. The number of amides is 1. The zero-order valence-corrected chi connectivity index (χ0v) is 15.6. The summed E-state index contributed by atoms with van der Waals surface area (Å²) in [7, 11) is 1.55. The molecule has 1 aromatic heterocycles. The third kappa shape index (κ3) is 4.07. The van der Waals surface area contributed by atoms with Crippen molar-refractivity contribution in [3.63, 3.8) is 0 Å². The molecule has 0 unspecified atom stereocenters. The molecule has 8 heteroatoms. The van der Waals surface area contributed by atoms with E-state index in [1.807, 2.05) is 12.1 Å². The fourth-order valence-corrected chi connectivity index (χ4v) is 2.65. The van der Waals surface area contributed by atoms with Gasteiger partial charge in [-0.15, -0.1) is 5.10 Å². The van der Waals surface area contributed by atoms with Crippen molar-refractivity contribution in [1.82, 2.24) is 15.0 Å². The molecular formula is C17H14BrClN4O2. The van der Waals surface area contributed by atoms with Gasteiger partial charge in [0, 0.05) is 22.3 Å². The maximum atomic E-state index is 12.6. The summed E-state index contributed by atoms with van der Waals surface area (Å²) in [5.74, 6) is -0.352. The van der Waals surface area contributed by atoms with Gasteiger partial charge in [-0.25, -0.2) is 4.68 Å². The number of aromatic nitrogens is 3. The van der Waals surface area contributed by atoms with E-state index in [2.05, 4.69) is 31.6 Å². The lowest BCUT2D eigenvalue weighted by Gasteiger charge is -2.08. The van der Waals surface area contributed by atoms with E-state index in [0.29, 0.717) is 16.4 Å². The Bertz CT molecular complexity index is 879. The number of halogens is 2. The molecule has 0 fully saturated rings. The summed E-state index contributed by atoms with van der Waals surface area (Å²) in [6.45, 7) is 0.193. The molecule has 25 heavy (non-hydrogen) atoms. The molecule has 0 saturated carbocycles. The minimum Gasteiger partial charge on any atom is -0.378 e. The molecule has 0 aliphatic heterocycles. The van der Waals surface area contributed by atoms with Crippen molar-refractivity contribution >= 4 is 39.1 Å². The second-order valence-corrected chi connectivity index (χ2v) is 6.52. The van der Waals surface area contributed by atoms with Gasteiger partial charge < -0.3 is 10.1 Å². The fraction of sp³-hybridized carbons (Fsp3) is 0.118. The quantitative estimate of drug-likeness (QED) is 0.674. The minimum atomic E-state index is -0.352. The zero-order valence-electron chi connectivity index (χ0n) is 13.2. The van der Waals surface area contributed by atoms with Crippen molar-refractivity contribution in [3.8, 4) is 5.69 Å². The monoisotopic (exact) mass is 420 g/mol. The number of nitrogens with one attached hydrogen (secondary N) is 1. The van der Waals surface area contributed by atoms with Crippen LogP contribution in [0.5, 0.6) is 0 Å². The zero-order chi connectivity index (χ0) is 17.8.